The van der Waals surface area contributed by atoms with Gasteiger partial charge in [0.15, 0.2) is 5.82 Å². The summed E-state index contributed by atoms with van der Waals surface area (Å²) < 4.78 is 14.2. The van der Waals surface area contributed by atoms with Crippen molar-refractivity contribution in [2.75, 3.05) is 44.4 Å². The maximum absolute atomic E-state index is 14.2. The van der Waals surface area contributed by atoms with Crippen molar-refractivity contribution in [1.82, 2.24) is 4.90 Å². The van der Waals surface area contributed by atoms with E-state index in [2.05, 4.69) is 5.32 Å². The largest absolute Gasteiger partial charge is 0.369 e. The molecule has 7 nitrogen and oxygen atoms in total. The fourth-order valence-corrected chi connectivity index (χ4v) is 1.82. The van der Waals surface area contributed by atoms with Crippen molar-refractivity contribution in [2.45, 2.75) is 6.92 Å². The number of anilines is 2. The number of likely N-dealkylation sites (N-methyl/N-ethyl adjacent to an activating group) is 2. The Bertz CT molecular complexity index is 548. The van der Waals surface area contributed by atoms with Crippen LogP contribution in [0.1, 0.15) is 6.92 Å². The van der Waals surface area contributed by atoms with Crippen molar-refractivity contribution in [3.05, 3.63) is 28.1 Å². The minimum atomic E-state index is -0.741. The molecule has 0 aromatic heterocycles. The lowest BCUT2D eigenvalue weighted by atomic mass is 10.2. The van der Waals surface area contributed by atoms with Gasteiger partial charge >= 0.3 is 0 Å². The normalized spacial score (nSPS) is 10.6. The maximum atomic E-state index is 14.2. The van der Waals surface area contributed by atoms with Crippen molar-refractivity contribution in [3.63, 3.8) is 0 Å². The van der Waals surface area contributed by atoms with E-state index in [-0.39, 0.29) is 11.4 Å². The molecule has 0 aliphatic rings. The van der Waals surface area contributed by atoms with Crippen LogP contribution in [0.3, 0.4) is 0 Å². The molecular weight excluding hydrogens is 279 g/mol. The van der Waals surface area contributed by atoms with Gasteiger partial charge in [-0.1, -0.05) is 0 Å². The molecule has 0 fully saturated rings. The highest BCUT2D eigenvalue weighted by Crippen LogP contribution is 2.33. The molecule has 1 N–H and O–H groups in total. The summed E-state index contributed by atoms with van der Waals surface area (Å²) in [6, 6.07) is 2.01. The second-order valence-electron chi connectivity index (χ2n) is 4.99. The van der Waals surface area contributed by atoms with E-state index >= 15 is 0 Å². The molecule has 1 aromatic carbocycles. The number of nitrogens with zero attached hydrogens (tertiary/aromatic N) is 3. The predicted octanol–water partition coefficient (Wildman–Crippen LogP) is 1.69. The molecule has 0 aliphatic carbocycles. The predicted molar refractivity (Wildman–Crippen MR) is 79.2 cm³/mol. The Hall–Kier alpha value is -2.22. The molecule has 8 heteroatoms. The Kier molecular flexibility index (Phi) is 5.60. The number of carbonyl (C=O) groups is 1. The Morgan fingerprint density at radius 3 is 2.43 bits per heavy atom. The molecule has 21 heavy (non-hydrogen) atoms. The Labute approximate surface area is 122 Å². The van der Waals surface area contributed by atoms with Gasteiger partial charge in [0, 0.05) is 33.1 Å². The fourth-order valence-electron chi connectivity index (χ4n) is 1.82. The molecule has 1 amide bonds. The van der Waals surface area contributed by atoms with Crippen LogP contribution in [0.25, 0.3) is 0 Å². The van der Waals surface area contributed by atoms with Crippen molar-refractivity contribution < 1.29 is 14.1 Å². The number of hydrogen-bond donors (Lipinski definition) is 1. The van der Waals surface area contributed by atoms with Crippen LogP contribution in [-0.4, -0.2) is 50.0 Å². The number of benzene rings is 1. The molecule has 1 aromatic rings. The summed E-state index contributed by atoms with van der Waals surface area (Å²) in [4.78, 5) is 24.9. The van der Waals surface area contributed by atoms with Crippen LogP contribution in [0, 0.1) is 15.9 Å². The number of nitro groups is 1. The van der Waals surface area contributed by atoms with Gasteiger partial charge in [-0.3, -0.25) is 14.9 Å². The lowest BCUT2D eigenvalue weighted by molar-refractivity contribution is -0.385. The van der Waals surface area contributed by atoms with Crippen molar-refractivity contribution in [2.24, 2.45) is 0 Å². The summed E-state index contributed by atoms with van der Waals surface area (Å²) in [6.45, 7) is 2.45. The average Bonchev–Trinajstić information content (AvgIpc) is 2.34. The van der Waals surface area contributed by atoms with Crippen LogP contribution in [-0.2, 0) is 4.79 Å². The van der Waals surface area contributed by atoms with E-state index < -0.39 is 22.3 Å². The van der Waals surface area contributed by atoms with Crippen molar-refractivity contribution in [1.29, 1.82) is 0 Å². The highest BCUT2D eigenvalue weighted by Gasteiger charge is 2.20. The van der Waals surface area contributed by atoms with E-state index in [1.807, 2.05) is 19.0 Å². The second kappa shape index (κ2) is 6.98. The van der Waals surface area contributed by atoms with Crippen LogP contribution in [0.4, 0.5) is 21.5 Å². The van der Waals surface area contributed by atoms with Gasteiger partial charge in [0.05, 0.1) is 22.4 Å². The number of carbonyl (C=O) groups excluding carboxylic acids is 1. The molecule has 0 heterocycles. The van der Waals surface area contributed by atoms with Crippen LogP contribution in [0.2, 0.25) is 0 Å². The van der Waals surface area contributed by atoms with Crippen LogP contribution in [0.15, 0.2) is 12.1 Å². The number of halogens is 1. The zero-order valence-electron chi connectivity index (χ0n) is 12.5. The van der Waals surface area contributed by atoms with E-state index in [1.54, 1.807) is 11.9 Å². The summed E-state index contributed by atoms with van der Waals surface area (Å²) in [5.41, 5.74) is -0.172. The average molecular weight is 298 g/mol. The van der Waals surface area contributed by atoms with E-state index in [9.17, 15) is 19.3 Å². The van der Waals surface area contributed by atoms with E-state index in [1.165, 1.54) is 6.92 Å². The number of non-ortho nitro benzene ring substituents is 1. The maximum Gasteiger partial charge on any atom is 0.274 e. The summed E-state index contributed by atoms with van der Waals surface area (Å²) in [5, 5.41) is 13.2. The first-order valence-electron chi connectivity index (χ1n) is 6.33. The zero-order chi connectivity index (χ0) is 16.2. The molecule has 0 atom stereocenters. The molecule has 0 saturated carbocycles. The molecule has 0 saturated heterocycles. The highest BCUT2D eigenvalue weighted by atomic mass is 19.1. The number of nitrogens with one attached hydrogen (secondary N) is 1. The zero-order valence-corrected chi connectivity index (χ0v) is 12.5. The second-order valence-corrected chi connectivity index (χ2v) is 4.99. The smallest absolute Gasteiger partial charge is 0.274 e. The fraction of sp³-hybridized carbons (Fsp3) is 0.462. The van der Waals surface area contributed by atoms with Crippen molar-refractivity contribution in [3.8, 4) is 0 Å². The van der Waals surface area contributed by atoms with Crippen molar-refractivity contribution >= 4 is 23.0 Å². The quantitative estimate of drug-likeness (QED) is 0.638. The van der Waals surface area contributed by atoms with Gasteiger partial charge in [-0.2, -0.15) is 0 Å². The molecule has 116 valence electrons. The van der Waals surface area contributed by atoms with E-state index in [0.29, 0.717) is 13.1 Å². The molecule has 0 aliphatic heterocycles. The van der Waals surface area contributed by atoms with E-state index in [0.717, 1.165) is 12.1 Å². The molecule has 1 rings (SSSR count). The van der Waals surface area contributed by atoms with Gasteiger partial charge < -0.3 is 15.1 Å². The van der Waals surface area contributed by atoms with Gasteiger partial charge in [-0.05, 0) is 14.1 Å². The summed E-state index contributed by atoms with van der Waals surface area (Å²) in [6.07, 6.45) is 0. The lowest BCUT2D eigenvalue weighted by Crippen LogP contribution is -2.30. The van der Waals surface area contributed by atoms with Gasteiger partial charge in [-0.15, -0.1) is 0 Å². The van der Waals surface area contributed by atoms with Gasteiger partial charge in [0.2, 0.25) is 5.91 Å². The Morgan fingerprint density at radius 2 is 1.95 bits per heavy atom. The minimum Gasteiger partial charge on any atom is -0.369 e. The first-order valence-corrected chi connectivity index (χ1v) is 6.33. The third-order valence-corrected chi connectivity index (χ3v) is 2.83. The Balaban J connectivity index is 3.21. The Morgan fingerprint density at radius 1 is 1.33 bits per heavy atom. The third kappa shape index (κ3) is 4.67. The summed E-state index contributed by atoms with van der Waals surface area (Å²) >= 11 is 0. The first-order chi connectivity index (χ1) is 9.72. The van der Waals surface area contributed by atoms with Crippen LogP contribution >= 0.6 is 0 Å². The van der Waals surface area contributed by atoms with Gasteiger partial charge in [0.1, 0.15) is 0 Å². The third-order valence-electron chi connectivity index (χ3n) is 2.83. The molecule has 0 bridgehead atoms. The molecule has 0 radical (unpaired) electrons. The van der Waals surface area contributed by atoms with E-state index in [4.69, 9.17) is 0 Å². The number of hydrogen-bond acceptors (Lipinski definition) is 5. The van der Waals surface area contributed by atoms with Gasteiger partial charge in [-0.25, -0.2) is 4.39 Å². The highest BCUT2D eigenvalue weighted by molar-refractivity contribution is 5.93. The monoisotopic (exact) mass is 298 g/mol. The summed E-state index contributed by atoms with van der Waals surface area (Å²) in [5.74, 6) is -1.16. The van der Waals surface area contributed by atoms with Crippen LogP contribution in [0.5, 0.6) is 0 Å². The topological polar surface area (TPSA) is 78.7 Å². The molecular formula is C13H19FN4O3. The number of rotatable bonds is 6. The molecule has 0 unspecified atom stereocenters. The number of nitro benzene ring substituents is 1. The number of amides is 1. The summed E-state index contributed by atoms with van der Waals surface area (Å²) in [7, 11) is 5.43. The first kappa shape index (κ1) is 16.8. The lowest BCUT2D eigenvalue weighted by Gasteiger charge is -2.24. The van der Waals surface area contributed by atoms with Gasteiger partial charge in [0.25, 0.3) is 5.69 Å². The minimum absolute atomic E-state index is 0.0930. The molecule has 0 spiro atoms. The SMILES string of the molecule is CC(=O)Nc1cc([N+](=O)[O-])cc(F)c1N(C)CCN(C)C. The van der Waals surface area contributed by atoms with Crippen LogP contribution < -0.4 is 10.2 Å². The standard InChI is InChI=1S/C13H19FN4O3/c1-9(19)15-12-8-10(18(20)21)7-11(14)13(12)17(4)6-5-16(2)3/h7-8H,5-6H2,1-4H3,(H,15,19).